The maximum Gasteiger partial charge on any atom is 0.349 e. The number of hydrogen-bond acceptors (Lipinski definition) is 9. The monoisotopic (exact) mass is 583 g/mol. The van der Waals surface area contributed by atoms with Gasteiger partial charge in [-0.2, -0.15) is 0 Å². The van der Waals surface area contributed by atoms with Crippen molar-refractivity contribution in [2.75, 3.05) is 31.6 Å². The van der Waals surface area contributed by atoms with E-state index in [4.69, 9.17) is 21.7 Å². The summed E-state index contributed by atoms with van der Waals surface area (Å²) in [6.07, 6.45) is 3.32. The quantitative estimate of drug-likeness (QED) is 0.129. The van der Waals surface area contributed by atoms with E-state index in [0.29, 0.717) is 42.3 Å². The SMILES string of the molecule is COc1c(N2CCNC(C)C2)c(F)cc2c(=O)c(C(=O)Oc3ccc(-c4cssc4=S)cc3)cn(C3CC3)c12. The number of methoxy groups -OCH3 is 1. The molecule has 2 fully saturated rings. The van der Waals surface area contributed by atoms with Gasteiger partial charge in [-0.1, -0.05) is 45.0 Å². The number of ether oxygens (including phenoxy) is 2. The van der Waals surface area contributed by atoms with Gasteiger partial charge in [0.1, 0.15) is 20.8 Å². The molecule has 11 heteroatoms. The van der Waals surface area contributed by atoms with Crippen LogP contribution in [0.2, 0.25) is 0 Å². The fourth-order valence-corrected chi connectivity index (χ4v) is 7.51. The van der Waals surface area contributed by atoms with Crippen LogP contribution in [0.4, 0.5) is 10.1 Å². The molecular formula is C28H26FN3O4S3. The number of aromatic nitrogens is 1. The predicted octanol–water partition coefficient (Wildman–Crippen LogP) is 6.02. The third-order valence-corrected chi connectivity index (χ3v) is 9.80. The molecule has 1 saturated heterocycles. The van der Waals surface area contributed by atoms with Gasteiger partial charge in [0.25, 0.3) is 0 Å². The normalized spacial score (nSPS) is 17.4. The Morgan fingerprint density at radius 2 is 2.00 bits per heavy atom. The zero-order valence-corrected chi connectivity index (χ0v) is 23.8. The van der Waals surface area contributed by atoms with E-state index in [0.717, 1.165) is 27.8 Å². The van der Waals surface area contributed by atoms with E-state index in [1.165, 1.54) is 23.5 Å². The molecule has 1 N–H and O–H groups in total. The lowest BCUT2D eigenvalue weighted by atomic mass is 10.1. The fraction of sp³-hybridized carbons (Fsp3) is 0.321. The van der Waals surface area contributed by atoms with E-state index in [1.807, 2.05) is 33.9 Å². The van der Waals surface area contributed by atoms with E-state index < -0.39 is 17.2 Å². The fourth-order valence-electron chi connectivity index (χ4n) is 5.11. The van der Waals surface area contributed by atoms with E-state index in [-0.39, 0.29) is 23.0 Å². The number of anilines is 1. The molecule has 0 radical (unpaired) electrons. The lowest BCUT2D eigenvalue weighted by molar-refractivity contribution is 0.0732. The number of carbonyl (C=O) groups excluding carboxylic acids is 1. The summed E-state index contributed by atoms with van der Waals surface area (Å²) in [6.45, 7) is 3.98. The number of pyridine rings is 1. The second-order valence-corrected chi connectivity index (χ2v) is 12.6. The zero-order valence-electron chi connectivity index (χ0n) is 21.4. The molecule has 1 aliphatic carbocycles. The van der Waals surface area contributed by atoms with Crippen molar-refractivity contribution in [2.24, 2.45) is 0 Å². The number of nitrogens with zero attached hydrogens (tertiary/aromatic N) is 2. The number of rotatable bonds is 6. The van der Waals surface area contributed by atoms with E-state index >= 15 is 4.39 Å². The van der Waals surface area contributed by atoms with Crippen molar-refractivity contribution in [1.29, 1.82) is 0 Å². The van der Waals surface area contributed by atoms with Crippen LogP contribution in [0.15, 0.2) is 46.7 Å². The highest BCUT2D eigenvalue weighted by molar-refractivity contribution is 7.79. The van der Waals surface area contributed by atoms with Crippen LogP contribution in [-0.2, 0) is 0 Å². The summed E-state index contributed by atoms with van der Waals surface area (Å²) in [6, 6.07) is 8.51. The number of benzene rings is 2. The van der Waals surface area contributed by atoms with Crippen LogP contribution in [-0.4, -0.2) is 43.3 Å². The first-order valence-corrected chi connectivity index (χ1v) is 15.3. The van der Waals surface area contributed by atoms with Crippen molar-refractivity contribution in [2.45, 2.75) is 31.8 Å². The van der Waals surface area contributed by atoms with Crippen LogP contribution >= 0.6 is 32.9 Å². The number of hydrogen-bond donors (Lipinski definition) is 1. The van der Waals surface area contributed by atoms with Gasteiger partial charge in [-0.15, -0.1) is 0 Å². The molecule has 202 valence electrons. The van der Waals surface area contributed by atoms with Gasteiger partial charge < -0.3 is 24.3 Å². The summed E-state index contributed by atoms with van der Waals surface area (Å²) in [4.78, 5) is 28.8. The molecular weight excluding hydrogens is 558 g/mol. The molecule has 4 aromatic rings. The molecule has 7 nitrogen and oxygen atoms in total. The Balaban J connectivity index is 1.40. The van der Waals surface area contributed by atoms with E-state index in [1.54, 1.807) is 28.7 Å². The van der Waals surface area contributed by atoms with Crippen LogP contribution in [0.3, 0.4) is 0 Å². The predicted molar refractivity (Wildman–Crippen MR) is 156 cm³/mol. The third-order valence-electron chi connectivity index (χ3n) is 7.13. The smallest absolute Gasteiger partial charge is 0.349 e. The first-order chi connectivity index (χ1) is 18.9. The summed E-state index contributed by atoms with van der Waals surface area (Å²) in [5.41, 5.74) is 2.01. The van der Waals surface area contributed by atoms with Crippen LogP contribution in [0.1, 0.15) is 36.2 Å². The molecule has 1 aliphatic heterocycles. The van der Waals surface area contributed by atoms with Crippen molar-refractivity contribution in [3.8, 4) is 22.6 Å². The number of halogens is 1. The van der Waals surface area contributed by atoms with Crippen LogP contribution in [0.5, 0.6) is 11.5 Å². The Morgan fingerprint density at radius 3 is 2.64 bits per heavy atom. The summed E-state index contributed by atoms with van der Waals surface area (Å²) >= 11 is 5.37. The Labute approximate surface area is 236 Å². The lowest BCUT2D eigenvalue weighted by Gasteiger charge is -2.35. The van der Waals surface area contributed by atoms with Crippen molar-refractivity contribution in [1.82, 2.24) is 9.88 Å². The number of esters is 1. The van der Waals surface area contributed by atoms with Crippen molar-refractivity contribution >= 4 is 55.5 Å². The maximum atomic E-state index is 15.7. The van der Waals surface area contributed by atoms with Crippen molar-refractivity contribution in [3.63, 3.8) is 0 Å². The number of fused-ring (bicyclic) bond motifs is 1. The molecule has 0 bridgehead atoms. The van der Waals surface area contributed by atoms with Gasteiger partial charge in [0, 0.05) is 48.9 Å². The highest BCUT2D eigenvalue weighted by Gasteiger charge is 2.32. The summed E-state index contributed by atoms with van der Waals surface area (Å²) in [5, 5.41) is 5.45. The molecule has 6 rings (SSSR count). The average molecular weight is 584 g/mol. The largest absolute Gasteiger partial charge is 0.492 e. The van der Waals surface area contributed by atoms with Gasteiger partial charge >= 0.3 is 5.97 Å². The third kappa shape index (κ3) is 4.88. The van der Waals surface area contributed by atoms with Gasteiger partial charge in [0.15, 0.2) is 11.6 Å². The zero-order chi connectivity index (χ0) is 27.3. The van der Waals surface area contributed by atoms with Gasteiger partial charge in [-0.3, -0.25) is 4.79 Å². The highest BCUT2D eigenvalue weighted by atomic mass is 32.9. The summed E-state index contributed by atoms with van der Waals surface area (Å²) in [5.74, 6) is -0.721. The first kappa shape index (κ1) is 26.1. The lowest BCUT2D eigenvalue weighted by Crippen LogP contribution is -2.49. The molecule has 0 spiro atoms. The standard InChI is InChI=1S/C28H26FN3O4S3/c1-15-12-31(10-9-30-15)24-22(29)11-19-23(26(24)35-2)32(17-5-6-17)13-20(25(19)33)27(34)36-18-7-3-16(4-8-18)21-14-38-39-28(21)37/h3-4,7-8,11,13-15,17,30H,5-6,9-10,12H2,1-2H3. The molecule has 1 unspecified atom stereocenters. The number of nitrogens with one attached hydrogen (secondary N) is 1. The first-order valence-electron chi connectivity index (χ1n) is 12.7. The van der Waals surface area contributed by atoms with Gasteiger partial charge in [-0.25, -0.2) is 9.18 Å². The molecule has 2 aliphatic rings. The topological polar surface area (TPSA) is 72.8 Å². The van der Waals surface area contributed by atoms with Crippen LogP contribution in [0.25, 0.3) is 22.0 Å². The molecule has 2 aromatic carbocycles. The van der Waals surface area contributed by atoms with Gasteiger partial charge in [-0.05, 0) is 43.5 Å². The molecule has 1 saturated carbocycles. The Kier molecular flexibility index (Phi) is 7.00. The molecule has 39 heavy (non-hydrogen) atoms. The highest BCUT2D eigenvalue weighted by Crippen LogP contribution is 2.44. The number of carbonyl (C=O) groups is 1. The Morgan fingerprint density at radius 1 is 1.23 bits per heavy atom. The maximum absolute atomic E-state index is 15.7. The molecule has 1 atom stereocenters. The van der Waals surface area contributed by atoms with Gasteiger partial charge in [0.05, 0.1) is 18.0 Å². The van der Waals surface area contributed by atoms with Crippen molar-refractivity contribution < 1.29 is 18.7 Å². The van der Waals surface area contributed by atoms with E-state index in [9.17, 15) is 9.59 Å². The molecule has 0 amide bonds. The van der Waals surface area contributed by atoms with Crippen LogP contribution < -0.4 is 25.1 Å². The van der Waals surface area contributed by atoms with Crippen LogP contribution in [0, 0.1) is 9.64 Å². The van der Waals surface area contributed by atoms with Gasteiger partial charge in [0.2, 0.25) is 5.43 Å². The minimum atomic E-state index is -0.787. The minimum absolute atomic E-state index is 0.0901. The molecule has 2 aromatic heterocycles. The summed E-state index contributed by atoms with van der Waals surface area (Å²) < 4.78 is 29.7. The number of piperazine rings is 1. The Hall–Kier alpha value is -3.12. The second kappa shape index (κ2) is 10.5. The minimum Gasteiger partial charge on any atom is -0.492 e. The average Bonchev–Trinajstić information content (AvgIpc) is 3.68. The van der Waals surface area contributed by atoms with Crippen molar-refractivity contribution in [3.05, 3.63) is 67.3 Å². The second-order valence-electron chi connectivity index (χ2n) is 9.86. The molecule has 3 heterocycles. The van der Waals surface area contributed by atoms with E-state index in [2.05, 4.69) is 5.32 Å². The summed E-state index contributed by atoms with van der Waals surface area (Å²) in [7, 11) is 4.59. The Bertz CT molecular complexity index is 1690.